The van der Waals surface area contributed by atoms with E-state index in [-0.39, 0.29) is 29.8 Å². The molecule has 2 aliphatic heterocycles. The summed E-state index contributed by atoms with van der Waals surface area (Å²) in [4.78, 5) is 14.5. The maximum Gasteiger partial charge on any atom is 0.422 e. The van der Waals surface area contributed by atoms with Crippen LogP contribution in [0.15, 0.2) is 18.2 Å². The Bertz CT molecular complexity index is 672. The van der Waals surface area contributed by atoms with Crippen molar-refractivity contribution in [2.45, 2.75) is 50.4 Å². The van der Waals surface area contributed by atoms with Gasteiger partial charge in [-0.1, -0.05) is 6.07 Å². The van der Waals surface area contributed by atoms with E-state index in [9.17, 15) is 18.0 Å². The number of ether oxygens (including phenoxy) is 2. The first kappa shape index (κ1) is 22.6. The lowest BCUT2D eigenvalue weighted by atomic mass is 10.1. The molecule has 9 heteroatoms. The van der Waals surface area contributed by atoms with Crippen LogP contribution in [-0.4, -0.2) is 55.9 Å². The minimum atomic E-state index is -4.41. The fourth-order valence-electron chi connectivity index (χ4n) is 3.73. The van der Waals surface area contributed by atoms with Crippen molar-refractivity contribution >= 4 is 18.3 Å². The van der Waals surface area contributed by atoms with Gasteiger partial charge in [0.15, 0.2) is 18.1 Å². The Balaban J connectivity index is 0.00000280. The average Bonchev–Trinajstić information content (AvgIpc) is 2.96. The third-order valence-corrected chi connectivity index (χ3v) is 5.12. The summed E-state index contributed by atoms with van der Waals surface area (Å²) in [5, 5.41) is 3.55. The topological polar surface area (TPSA) is 50.8 Å². The number of carbonyl (C=O) groups excluding carboxylic acids is 1. The van der Waals surface area contributed by atoms with Gasteiger partial charge in [0.2, 0.25) is 5.91 Å². The van der Waals surface area contributed by atoms with Crippen molar-refractivity contribution in [2.24, 2.45) is 0 Å². The maximum atomic E-state index is 12.6. The number of amides is 1. The first-order valence-corrected chi connectivity index (χ1v) is 9.24. The molecule has 2 unspecified atom stereocenters. The molecular formula is C19H26ClF3N2O3. The molecule has 2 fully saturated rings. The Morgan fingerprint density at radius 1 is 1.21 bits per heavy atom. The summed E-state index contributed by atoms with van der Waals surface area (Å²) < 4.78 is 46.9. The molecule has 28 heavy (non-hydrogen) atoms. The quantitative estimate of drug-likeness (QED) is 0.764. The first-order chi connectivity index (χ1) is 12.8. The smallest absolute Gasteiger partial charge is 0.422 e. The van der Waals surface area contributed by atoms with Gasteiger partial charge in [0.1, 0.15) is 0 Å². The van der Waals surface area contributed by atoms with E-state index in [1.165, 1.54) is 19.6 Å². The Morgan fingerprint density at radius 3 is 2.68 bits per heavy atom. The summed E-state index contributed by atoms with van der Waals surface area (Å²) in [6.07, 6.45) is -0.241. The number of benzene rings is 1. The van der Waals surface area contributed by atoms with Crippen LogP contribution in [0.5, 0.6) is 11.5 Å². The predicted octanol–water partition coefficient (Wildman–Crippen LogP) is 3.34. The van der Waals surface area contributed by atoms with E-state index < -0.39 is 12.8 Å². The Hall–Kier alpha value is -1.67. The number of rotatable bonds is 6. The van der Waals surface area contributed by atoms with Gasteiger partial charge in [-0.3, -0.25) is 4.79 Å². The number of halogens is 4. The van der Waals surface area contributed by atoms with Gasteiger partial charge in [0.25, 0.3) is 0 Å². The highest BCUT2D eigenvalue weighted by molar-refractivity contribution is 5.85. The standard InChI is InChI=1S/C19H25F3N2O3.ClH/c1-26-17-10-13(2-6-16(17)27-12-19(20,21)22)3-7-18(25)24-9-8-14-4-5-15(11-24)23-14;/h2,6,10,14-15,23H,3-5,7-9,11-12H2,1H3;1H. The van der Waals surface area contributed by atoms with Gasteiger partial charge in [0, 0.05) is 31.6 Å². The molecule has 0 aliphatic carbocycles. The molecule has 0 spiro atoms. The molecule has 2 bridgehead atoms. The molecular weight excluding hydrogens is 397 g/mol. The van der Waals surface area contributed by atoms with Crippen molar-refractivity contribution in [3.8, 4) is 11.5 Å². The number of nitrogens with zero attached hydrogens (tertiary/aromatic N) is 1. The fraction of sp³-hybridized carbons (Fsp3) is 0.632. The molecule has 158 valence electrons. The number of aryl methyl sites for hydroxylation is 1. The van der Waals surface area contributed by atoms with Gasteiger partial charge >= 0.3 is 6.18 Å². The number of methoxy groups -OCH3 is 1. The van der Waals surface area contributed by atoms with Crippen molar-refractivity contribution < 1.29 is 27.4 Å². The van der Waals surface area contributed by atoms with Crippen LogP contribution in [0.4, 0.5) is 13.2 Å². The lowest BCUT2D eigenvalue weighted by Gasteiger charge is -2.24. The van der Waals surface area contributed by atoms with Gasteiger partial charge in [-0.25, -0.2) is 0 Å². The summed E-state index contributed by atoms with van der Waals surface area (Å²) in [6.45, 7) is 0.162. The van der Waals surface area contributed by atoms with E-state index >= 15 is 0 Å². The highest BCUT2D eigenvalue weighted by atomic mass is 35.5. The molecule has 2 saturated heterocycles. The average molecular weight is 423 g/mol. The highest BCUT2D eigenvalue weighted by Gasteiger charge is 2.31. The zero-order chi connectivity index (χ0) is 19.4. The third kappa shape index (κ3) is 6.17. The number of fused-ring (bicyclic) bond motifs is 2. The van der Waals surface area contributed by atoms with E-state index in [2.05, 4.69) is 5.32 Å². The van der Waals surface area contributed by atoms with Gasteiger partial charge in [-0.05, 0) is 43.4 Å². The van der Waals surface area contributed by atoms with E-state index in [1.807, 2.05) is 4.90 Å². The molecule has 1 amide bonds. The molecule has 5 nitrogen and oxygen atoms in total. The number of alkyl halides is 3. The predicted molar refractivity (Wildman–Crippen MR) is 101 cm³/mol. The molecule has 0 aromatic heterocycles. The van der Waals surface area contributed by atoms with Gasteiger partial charge in [-0.2, -0.15) is 13.2 Å². The molecule has 2 heterocycles. The molecule has 1 aromatic carbocycles. The van der Waals surface area contributed by atoms with E-state index in [1.54, 1.807) is 12.1 Å². The number of hydrogen-bond donors (Lipinski definition) is 1. The first-order valence-electron chi connectivity index (χ1n) is 9.24. The van der Waals surface area contributed by atoms with Crippen LogP contribution < -0.4 is 14.8 Å². The van der Waals surface area contributed by atoms with Crippen LogP contribution >= 0.6 is 12.4 Å². The second-order valence-electron chi connectivity index (χ2n) is 7.16. The highest BCUT2D eigenvalue weighted by Crippen LogP contribution is 2.30. The second-order valence-corrected chi connectivity index (χ2v) is 7.16. The monoisotopic (exact) mass is 422 g/mol. The summed E-state index contributed by atoms with van der Waals surface area (Å²) >= 11 is 0. The fourth-order valence-corrected chi connectivity index (χ4v) is 3.73. The Morgan fingerprint density at radius 2 is 1.96 bits per heavy atom. The van der Waals surface area contributed by atoms with E-state index in [0.29, 0.717) is 24.9 Å². The van der Waals surface area contributed by atoms with Crippen molar-refractivity contribution in [3.63, 3.8) is 0 Å². The number of hydrogen-bond acceptors (Lipinski definition) is 4. The van der Waals surface area contributed by atoms with Crippen molar-refractivity contribution in [3.05, 3.63) is 23.8 Å². The summed E-state index contributed by atoms with van der Waals surface area (Å²) in [7, 11) is 1.38. The minimum absolute atomic E-state index is 0. The van der Waals surface area contributed by atoms with E-state index in [0.717, 1.165) is 31.5 Å². The molecule has 0 radical (unpaired) electrons. The number of likely N-dealkylation sites (tertiary alicyclic amines) is 1. The van der Waals surface area contributed by atoms with Gasteiger partial charge in [-0.15, -0.1) is 12.4 Å². The van der Waals surface area contributed by atoms with Crippen molar-refractivity contribution in [1.82, 2.24) is 10.2 Å². The Labute approximate surface area is 169 Å². The molecule has 2 aliphatic rings. The Kier molecular flexibility index (Phi) is 7.83. The maximum absolute atomic E-state index is 12.6. The zero-order valence-electron chi connectivity index (χ0n) is 15.8. The summed E-state index contributed by atoms with van der Waals surface area (Å²) in [5.41, 5.74) is 0.828. The lowest BCUT2D eigenvalue weighted by Crippen LogP contribution is -2.39. The largest absolute Gasteiger partial charge is 0.493 e. The number of carbonyl (C=O) groups is 1. The molecule has 1 aromatic rings. The molecule has 0 saturated carbocycles. The zero-order valence-corrected chi connectivity index (χ0v) is 16.6. The molecule has 1 N–H and O–H groups in total. The van der Waals surface area contributed by atoms with Crippen LogP contribution in [-0.2, 0) is 11.2 Å². The van der Waals surface area contributed by atoms with Crippen LogP contribution in [0.3, 0.4) is 0 Å². The summed E-state index contributed by atoms with van der Waals surface area (Å²) in [6, 6.07) is 5.69. The van der Waals surface area contributed by atoms with E-state index in [4.69, 9.17) is 9.47 Å². The van der Waals surface area contributed by atoms with Crippen LogP contribution in [0, 0.1) is 0 Å². The molecule has 2 atom stereocenters. The minimum Gasteiger partial charge on any atom is -0.493 e. The number of nitrogens with one attached hydrogen (secondary N) is 1. The SMILES string of the molecule is COc1cc(CCC(=O)N2CCC3CCC(C2)N3)ccc1OCC(F)(F)F.Cl. The second kappa shape index (κ2) is 9.69. The normalized spacial score (nSPS) is 21.6. The van der Waals surface area contributed by atoms with Crippen molar-refractivity contribution in [2.75, 3.05) is 26.8 Å². The van der Waals surface area contributed by atoms with Crippen LogP contribution in [0.2, 0.25) is 0 Å². The molecule has 3 rings (SSSR count). The van der Waals surface area contributed by atoms with Gasteiger partial charge in [0.05, 0.1) is 7.11 Å². The van der Waals surface area contributed by atoms with Crippen molar-refractivity contribution in [1.29, 1.82) is 0 Å². The lowest BCUT2D eigenvalue weighted by molar-refractivity contribution is -0.153. The van der Waals surface area contributed by atoms with Gasteiger partial charge < -0.3 is 19.7 Å². The van der Waals surface area contributed by atoms with Crippen LogP contribution in [0.1, 0.15) is 31.2 Å². The summed E-state index contributed by atoms with van der Waals surface area (Å²) in [5.74, 6) is 0.390. The third-order valence-electron chi connectivity index (χ3n) is 5.12. The van der Waals surface area contributed by atoms with Crippen LogP contribution in [0.25, 0.3) is 0 Å².